The van der Waals surface area contributed by atoms with Crippen LogP contribution in [0, 0.1) is 0 Å². The molecular weight excluding hydrogens is 205 g/mol. The van der Waals surface area contributed by atoms with Gasteiger partial charge in [-0.1, -0.05) is 36.2 Å². The van der Waals surface area contributed by atoms with Crippen molar-refractivity contribution in [2.75, 3.05) is 13.6 Å². The van der Waals surface area contributed by atoms with E-state index in [-0.39, 0.29) is 0 Å². The van der Waals surface area contributed by atoms with Crippen molar-refractivity contribution in [2.45, 2.75) is 13.5 Å². The third-order valence-electron chi connectivity index (χ3n) is 2.03. The first-order chi connectivity index (χ1) is 6.15. The first-order valence-corrected chi connectivity index (χ1v) is 5.02. The summed E-state index contributed by atoms with van der Waals surface area (Å²) in [5.41, 5.74) is 1.01. The van der Waals surface area contributed by atoms with Gasteiger partial charge in [0.25, 0.3) is 0 Å². The van der Waals surface area contributed by atoms with Crippen molar-refractivity contribution >= 4 is 23.2 Å². The Labute approximate surface area is 89.3 Å². The van der Waals surface area contributed by atoms with Gasteiger partial charge in [-0.25, -0.2) is 0 Å². The molecule has 1 nitrogen and oxygen atoms in total. The molecule has 0 saturated carbocycles. The van der Waals surface area contributed by atoms with E-state index in [0.29, 0.717) is 0 Å². The van der Waals surface area contributed by atoms with Gasteiger partial charge in [0, 0.05) is 22.2 Å². The summed E-state index contributed by atoms with van der Waals surface area (Å²) in [5, 5.41) is 1.49. The Kier molecular flexibility index (Phi) is 4.04. The zero-order valence-corrected chi connectivity index (χ0v) is 9.36. The molecule has 1 aromatic rings. The van der Waals surface area contributed by atoms with Crippen LogP contribution in [-0.2, 0) is 6.54 Å². The van der Waals surface area contributed by atoms with Crippen LogP contribution in [0.15, 0.2) is 18.2 Å². The fourth-order valence-electron chi connectivity index (χ4n) is 1.07. The summed E-state index contributed by atoms with van der Waals surface area (Å²) in [6.45, 7) is 3.89. The first-order valence-electron chi connectivity index (χ1n) is 4.26. The summed E-state index contributed by atoms with van der Waals surface area (Å²) in [5.74, 6) is 0. The van der Waals surface area contributed by atoms with Gasteiger partial charge in [0.1, 0.15) is 0 Å². The van der Waals surface area contributed by atoms with E-state index in [1.54, 1.807) is 0 Å². The molecule has 0 aliphatic heterocycles. The van der Waals surface area contributed by atoms with Crippen LogP contribution in [0.2, 0.25) is 10.0 Å². The molecule has 0 heterocycles. The van der Waals surface area contributed by atoms with Gasteiger partial charge in [-0.2, -0.15) is 0 Å². The maximum Gasteiger partial charge on any atom is 0.0465 e. The zero-order chi connectivity index (χ0) is 9.84. The van der Waals surface area contributed by atoms with Crippen molar-refractivity contribution < 1.29 is 0 Å². The molecule has 0 fully saturated rings. The maximum atomic E-state index is 6.02. The van der Waals surface area contributed by atoms with Crippen molar-refractivity contribution in [1.82, 2.24) is 4.90 Å². The Morgan fingerprint density at radius 2 is 1.77 bits per heavy atom. The van der Waals surface area contributed by atoms with Crippen molar-refractivity contribution in [1.29, 1.82) is 0 Å². The highest BCUT2D eigenvalue weighted by atomic mass is 35.5. The highest BCUT2D eigenvalue weighted by Crippen LogP contribution is 2.25. The van der Waals surface area contributed by atoms with Crippen molar-refractivity contribution in [3.63, 3.8) is 0 Å². The second kappa shape index (κ2) is 4.85. The van der Waals surface area contributed by atoms with Crippen molar-refractivity contribution in [2.24, 2.45) is 0 Å². The highest BCUT2D eigenvalue weighted by Gasteiger charge is 2.06. The summed E-state index contributed by atoms with van der Waals surface area (Å²) in [6.07, 6.45) is 0. The molecule has 0 spiro atoms. The van der Waals surface area contributed by atoms with Crippen LogP contribution >= 0.6 is 23.2 Å². The molecule has 0 N–H and O–H groups in total. The Balaban J connectivity index is 2.87. The first kappa shape index (κ1) is 10.8. The maximum absolute atomic E-state index is 6.02. The molecule has 0 saturated heterocycles. The molecule has 0 unspecified atom stereocenters. The number of halogens is 2. The second-order valence-electron chi connectivity index (χ2n) is 3.03. The topological polar surface area (TPSA) is 3.24 Å². The predicted molar refractivity (Wildman–Crippen MR) is 58.5 cm³/mol. The van der Waals surface area contributed by atoms with Gasteiger partial charge in [-0.15, -0.1) is 0 Å². The molecule has 0 bridgehead atoms. The molecule has 0 atom stereocenters. The lowest BCUT2D eigenvalue weighted by molar-refractivity contribution is 0.346. The van der Waals surface area contributed by atoms with Gasteiger partial charge in [0.15, 0.2) is 0 Å². The highest BCUT2D eigenvalue weighted by molar-refractivity contribution is 6.35. The SMILES string of the molecule is CCN(C)Cc1c(Cl)cccc1Cl. The minimum Gasteiger partial charge on any atom is -0.302 e. The Morgan fingerprint density at radius 1 is 1.23 bits per heavy atom. The summed E-state index contributed by atoms with van der Waals surface area (Å²) >= 11 is 12.0. The summed E-state index contributed by atoms with van der Waals surface area (Å²) in [4.78, 5) is 2.16. The lowest BCUT2D eigenvalue weighted by Crippen LogP contribution is -2.17. The van der Waals surface area contributed by atoms with E-state index in [1.165, 1.54) is 0 Å². The summed E-state index contributed by atoms with van der Waals surface area (Å²) in [6, 6.07) is 5.60. The largest absolute Gasteiger partial charge is 0.302 e. The van der Waals surface area contributed by atoms with Crippen molar-refractivity contribution in [3.05, 3.63) is 33.8 Å². The van der Waals surface area contributed by atoms with E-state index in [2.05, 4.69) is 11.8 Å². The molecule has 3 heteroatoms. The lowest BCUT2D eigenvalue weighted by Gasteiger charge is -2.15. The average molecular weight is 218 g/mol. The van der Waals surface area contributed by atoms with Crippen LogP contribution in [0.3, 0.4) is 0 Å². The lowest BCUT2D eigenvalue weighted by atomic mass is 10.2. The third kappa shape index (κ3) is 2.87. The van der Waals surface area contributed by atoms with Crippen LogP contribution in [0.25, 0.3) is 0 Å². The van der Waals surface area contributed by atoms with Gasteiger partial charge < -0.3 is 4.90 Å². The van der Waals surface area contributed by atoms with Crippen LogP contribution in [0.4, 0.5) is 0 Å². The number of hydrogen-bond acceptors (Lipinski definition) is 1. The molecule has 0 aliphatic carbocycles. The molecule has 72 valence electrons. The van der Waals surface area contributed by atoms with Gasteiger partial charge >= 0.3 is 0 Å². The van der Waals surface area contributed by atoms with Crippen molar-refractivity contribution in [3.8, 4) is 0 Å². The Bertz CT molecular complexity index is 266. The third-order valence-corrected chi connectivity index (χ3v) is 2.74. The van der Waals surface area contributed by atoms with E-state index < -0.39 is 0 Å². The van der Waals surface area contributed by atoms with E-state index in [1.807, 2.05) is 25.2 Å². The summed E-state index contributed by atoms with van der Waals surface area (Å²) in [7, 11) is 2.04. The fourth-order valence-corrected chi connectivity index (χ4v) is 1.58. The molecule has 0 amide bonds. The van der Waals surface area contributed by atoms with E-state index in [4.69, 9.17) is 23.2 Å². The van der Waals surface area contributed by atoms with Crippen LogP contribution < -0.4 is 0 Å². The minimum absolute atomic E-state index is 0.743. The molecule has 0 aromatic heterocycles. The van der Waals surface area contributed by atoms with E-state index in [0.717, 1.165) is 28.7 Å². The molecule has 13 heavy (non-hydrogen) atoms. The Hall–Kier alpha value is -0.240. The fraction of sp³-hybridized carbons (Fsp3) is 0.400. The predicted octanol–water partition coefficient (Wildman–Crippen LogP) is 3.45. The van der Waals surface area contributed by atoms with Gasteiger partial charge in [-0.3, -0.25) is 0 Å². The van der Waals surface area contributed by atoms with Gasteiger partial charge in [-0.05, 0) is 25.7 Å². The molecular formula is C10H13Cl2N. The van der Waals surface area contributed by atoms with Crippen LogP contribution in [-0.4, -0.2) is 18.5 Å². The number of benzene rings is 1. The molecule has 1 rings (SSSR count). The number of rotatable bonds is 3. The zero-order valence-electron chi connectivity index (χ0n) is 7.85. The number of nitrogens with zero attached hydrogens (tertiary/aromatic N) is 1. The van der Waals surface area contributed by atoms with E-state index >= 15 is 0 Å². The number of hydrogen-bond donors (Lipinski definition) is 0. The summed E-state index contributed by atoms with van der Waals surface area (Å²) < 4.78 is 0. The van der Waals surface area contributed by atoms with Gasteiger partial charge in [0.05, 0.1) is 0 Å². The quantitative estimate of drug-likeness (QED) is 0.751. The molecule has 1 aromatic carbocycles. The molecule has 0 aliphatic rings. The standard InChI is InChI=1S/C10H13Cl2N/c1-3-13(2)7-8-9(11)5-4-6-10(8)12/h4-6H,3,7H2,1-2H3. The Morgan fingerprint density at radius 3 is 2.23 bits per heavy atom. The van der Waals surface area contributed by atoms with Crippen LogP contribution in [0.5, 0.6) is 0 Å². The smallest absolute Gasteiger partial charge is 0.0465 e. The van der Waals surface area contributed by atoms with Crippen LogP contribution in [0.1, 0.15) is 12.5 Å². The second-order valence-corrected chi connectivity index (χ2v) is 3.85. The molecule has 0 radical (unpaired) electrons. The van der Waals surface area contributed by atoms with E-state index in [9.17, 15) is 0 Å². The van der Waals surface area contributed by atoms with Gasteiger partial charge in [0.2, 0.25) is 0 Å². The normalized spacial score (nSPS) is 10.8. The monoisotopic (exact) mass is 217 g/mol. The minimum atomic E-state index is 0.743. The average Bonchev–Trinajstić information content (AvgIpc) is 2.11.